The van der Waals surface area contributed by atoms with E-state index in [1.807, 2.05) is 0 Å². The number of hydrogen-bond acceptors (Lipinski definition) is 7. The highest BCUT2D eigenvalue weighted by molar-refractivity contribution is 7.86. The average molecular weight is 358 g/mol. The van der Waals surface area contributed by atoms with Gasteiger partial charge in [0.25, 0.3) is 10.2 Å². The number of morpholine rings is 1. The molecule has 0 bridgehead atoms. The summed E-state index contributed by atoms with van der Waals surface area (Å²) in [5, 5.41) is 0. The summed E-state index contributed by atoms with van der Waals surface area (Å²) in [5.41, 5.74) is 0. The molecule has 134 valence electrons. The molecule has 1 atom stereocenters. The van der Waals surface area contributed by atoms with E-state index in [1.54, 1.807) is 0 Å². The number of aromatic nitrogens is 2. The van der Waals surface area contributed by atoms with Gasteiger partial charge < -0.3 is 14.2 Å². The van der Waals surface area contributed by atoms with Gasteiger partial charge in [-0.05, 0) is 12.8 Å². The van der Waals surface area contributed by atoms with Crippen LogP contribution in [0.15, 0.2) is 12.4 Å². The fourth-order valence-corrected chi connectivity index (χ4v) is 4.46. The van der Waals surface area contributed by atoms with Crippen molar-refractivity contribution in [2.75, 3.05) is 46.5 Å². The molecule has 0 N–H and O–H groups in total. The quantitative estimate of drug-likeness (QED) is 0.726. The Labute approximate surface area is 141 Å². The van der Waals surface area contributed by atoms with E-state index in [4.69, 9.17) is 14.2 Å². The third-order valence-electron chi connectivity index (χ3n) is 4.05. The first-order valence-electron chi connectivity index (χ1n) is 7.95. The number of methoxy groups -OCH3 is 1. The van der Waals surface area contributed by atoms with Gasteiger partial charge in [-0.1, -0.05) is 0 Å². The maximum Gasteiger partial charge on any atom is 0.282 e. The lowest BCUT2D eigenvalue weighted by molar-refractivity contribution is 0.0663. The van der Waals surface area contributed by atoms with Gasteiger partial charge in [0.2, 0.25) is 11.8 Å². The number of rotatable bonds is 5. The van der Waals surface area contributed by atoms with E-state index >= 15 is 0 Å². The Morgan fingerprint density at radius 2 is 1.92 bits per heavy atom. The number of nitrogens with zero attached hydrogens (tertiary/aromatic N) is 4. The van der Waals surface area contributed by atoms with E-state index in [1.165, 1.54) is 28.1 Å². The van der Waals surface area contributed by atoms with Crippen molar-refractivity contribution in [3.8, 4) is 11.8 Å². The van der Waals surface area contributed by atoms with Crippen LogP contribution in [0.25, 0.3) is 0 Å². The molecule has 3 rings (SSSR count). The van der Waals surface area contributed by atoms with Gasteiger partial charge in [0.05, 0.1) is 39.3 Å². The Morgan fingerprint density at radius 3 is 2.67 bits per heavy atom. The minimum absolute atomic E-state index is 0.254. The molecule has 3 heterocycles. The average Bonchev–Trinajstić information content (AvgIpc) is 2.63. The van der Waals surface area contributed by atoms with Gasteiger partial charge in [0.15, 0.2) is 0 Å². The normalized spacial score (nSPS) is 23.8. The first-order valence-corrected chi connectivity index (χ1v) is 9.35. The van der Waals surface area contributed by atoms with Crippen LogP contribution < -0.4 is 9.47 Å². The molecule has 1 aromatic rings. The summed E-state index contributed by atoms with van der Waals surface area (Å²) < 4.78 is 44.5. The number of hydrogen-bond donors (Lipinski definition) is 0. The van der Waals surface area contributed by atoms with Gasteiger partial charge in [0.1, 0.15) is 6.10 Å². The molecule has 0 aliphatic carbocycles. The molecular weight excluding hydrogens is 336 g/mol. The van der Waals surface area contributed by atoms with Gasteiger partial charge in [-0.2, -0.15) is 22.0 Å². The van der Waals surface area contributed by atoms with Crippen LogP contribution in [0.4, 0.5) is 0 Å². The van der Waals surface area contributed by atoms with Crippen LogP contribution >= 0.6 is 0 Å². The molecule has 0 spiro atoms. The Morgan fingerprint density at radius 1 is 1.17 bits per heavy atom. The van der Waals surface area contributed by atoms with Gasteiger partial charge >= 0.3 is 0 Å². The summed E-state index contributed by atoms with van der Waals surface area (Å²) in [5.74, 6) is 0.700. The van der Waals surface area contributed by atoms with Crippen LogP contribution in [-0.4, -0.2) is 79.6 Å². The standard InChI is InChI=1S/C14H22N4O5S/c1-21-13-9-15-10-14(16-13)23-12-3-2-4-18(11-12)24(19,20)17-5-7-22-8-6-17/h9-10,12H,2-8,11H2,1H3. The summed E-state index contributed by atoms with van der Waals surface area (Å²) in [6.45, 7) is 2.47. The Kier molecular flexibility index (Phi) is 5.49. The molecule has 1 unspecified atom stereocenters. The fraction of sp³-hybridized carbons (Fsp3) is 0.714. The van der Waals surface area contributed by atoms with Gasteiger partial charge in [-0.15, -0.1) is 0 Å². The van der Waals surface area contributed by atoms with Crippen molar-refractivity contribution in [3.05, 3.63) is 12.4 Å². The van der Waals surface area contributed by atoms with Crippen LogP contribution in [0.5, 0.6) is 11.8 Å². The zero-order valence-electron chi connectivity index (χ0n) is 13.6. The SMILES string of the molecule is COc1cncc(OC2CCCN(S(=O)(=O)N3CCOCC3)C2)n1. The Bertz CT molecular complexity index is 650. The molecule has 2 saturated heterocycles. The van der Waals surface area contributed by atoms with Crippen LogP contribution in [0.3, 0.4) is 0 Å². The molecule has 2 aliphatic heterocycles. The molecule has 0 radical (unpaired) electrons. The first-order chi connectivity index (χ1) is 11.6. The van der Waals surface area contributed by atoms with E-state index < -0.39 is 10.2 Å². The molecule has 10 heteroatoms. The monoisotopic (exact) mass is 358 g/mol. The topological polar surface area (TPSA) is 94.1 Å². The van der Waals surface area contributed by atoms with Crippen LogP contribution in [0, 0.1) is 0 Å². The van der Waals surface area contributed by atoms with Crippen molar-refractivity contribution in [1.82, 2.24) is 18.6 Å². The minimum Gasteiger partial charge on any atom is -0.480 e. The molecule has 24 heavy (non-hydrogen) atoms. The summed E-state index contributed by atoms with van der Waals surface area (Å²) in [4.78, 5) is 8.16. The maximum absolute atomic E-state index is 12.7. The molecular formula is C14H22N4O5S. The third kappa shape index (κ3) is 3.94. The lowest BCUT2D eigenvalue weighted by atomic mass is 10.1. The van der Waals surface area contributed by atoms with E-state index in [-0.39, 0.29) is 6.10 Å². The van der Waals surface area contributed by atoms with E-state index in [0.717, 1.165) is 12.8 Å². The summed E-state index contributed by atoms with van der Waals surface area (Å²) in [6.07, 6.45) is 4.25. The second-order valence-electron chi connectivity index (χ2n) is 5.66. The Balaban J connectivity index is 1.65. The van der Waals surface area contributed by atoms with Crippen molar-refractivity contribution in [1.29, 1.82) is 0 Å². The smallest absolute Gasteiger partial charge is 0.282 e. The molecule has 0 amide bonds. The van der Waals surface area contributed by atoms with Crippen molar-refractivity contribution in [2.24, 2.45) is 0 Å². The van der Waals surface area contributed by atoms with Crippen molar-refractivity contribution < 1.29 is 22.6 Å². The van der Waals surface area contributed by atoms with E-state index in [2.05, 4.69) is 9.97 Å². The Hall–Kier alpha value is -1.49. The molecule has 1 aromatic heterocycles. The van der Waals surface area contributed by atoms with Gasteiger partial charge in [0, 0.05) is 19.6 Å². The second-order valence-corrected chi connectivity index (χ2v) is 7.59. The van der Waals surface area contributed by atoms with Crippen molar-refractivity contribution >= 4 is 10.2 Å². The highest BCUT2D eigenvalue weighted by atomic mass is 32.2. The van der Waals surface area contributed by atoms with Crippen LogP contribution in [0.2, 0.25) is 0 Å². The fourth-order valence-electron chi connectivity index (χ4n) is 2.81. The molecule has 9 nitrogen and oxygen atoms in total. The highest BCUT2D eigenvalue weighted by Crippen LogP contribution is 2.21. The van der Waals surface area contributed by atoms with Crippen molar-refractivity contribution in [2.45, 2.75) is 18.9 Å². The summed E-state index contributed by atoms with van der Waals surface area (Å²) in [6, 6.07) is 0. The molecule has 2 aliphatic rings. The van der Waals surface area contributed by atoms with Gasteiger partial charge in [-0.25, -0.2) is 0 Å². The predicted molar refractivity (Wildman–Crippen MR) is 85.1 cm³/mol. The predicted octanol–water partition coefficient (Wildman–Crippen LogP) is -0.0946. The van der Waals surface area contributed by atoms with E-state index in [9.17, 15) is 8.42 Å². The maximum atomic E-state index is 12.7. The molecule has 0 saturated carbocycles. The van der Waals surface area contributed by atoms with Crippen molar-refractivity contribution in [3.63, 3.8) is 0 Å². The van der Waals surface area contributed by atoms with Gasteiger partial charge in [-0.3, -0.25) is 4.98 Å². The summed E-state index contributed by atoms with van der Waals surface area (Å²) >= 11 is 0. The first kappa shape index (κ1) is 17.3. The van der Waals surface area contributed by atoms with Crippen LogP contribution in [0.1, 0.15) is 12.8 Å². The van der Waals surface area contributed by atoms with E-state index in [0.29, 0.717) is 51.2 Å². The zero-order chi connectivity index (χ0) is 17.0. The molecule has 2 fully saturated rings. The second kappa shape index (κ2) is 7.60. The van der Waals surface area contributed by atoms with Crippen LogP contribution in [-0.2, 0) is 14.9 Å². The lowest BCUT2D eigenvalue weighted by Gasteiger charge is -2.36. The minimum atomic E-state index is -3.48. The lowest BCUT2D eigenvalue weighted by Crippen LogP contribution is -2.53. The summed E-state index contributed by atoms with van der Waals surface area (Å²) in [7, 11) is -1.97. The zero-order valence-corrected chi connectivity index (χ0v) is 14.4. The molecule has 0 aromatic carbocycles. The highest BCUT2D eigenvalue weighted by Gasteiger charge is 2.35. The third-order valence-corrected chi connectivity index (χ3v) is 6.05. The number of piperidine rings is 1. The largest absolute Gasteiger partial charge is 0.480 e. The number of ether oxygens (including phenoxy) is 3.